The molecule has 4 rings (SSSR count). The fraction of sp³-hybridized carbons (Fsp3) is 0.222. The van der Waals surface area contributed by atoms with E-state index in [1.54, 1.807) is 18.5 Å². The van der Waals surface area contributed by atoms with Crippen LogP contribution in [0.5, 0.6) is 0 Å². The molecule has 0 saturated carbocycles. The molecule has 0 atom stereocenters. The number of carbonyl (C=O) groups is 1. The largest absolute Gasteiger partial charge is 0.378 e. The molecule has 1 fully saturated rings. The number of ether oxygens (including phenoxy) is 1. The van der Waals surface area contributed by atoms with Gasteiger partial charge in [-0.25, -0.2) is 9.97 Å². The Morgan fingerprint density at radius 3 is 2.73 bits per heavy atom. The van der Waals surface area contributed by atoms with Crippen LogP contribution in [0.25, 0.3) is 11.4 Å². The van der Waals surface area contributed by atoms with Crippen LogP contribution in [0.4, 0.5) is 10.9 Å². The first kappa shape index (κ1) is 16.6. The van der Waals surface area contributed by atoms with E-state index < -0.39 is 0 Å². The van der Waals surface area contributed by atoms with E-state index in [1.165, 1.54) is 11.3 Å². The summed E-state index contributed by atoms with van der Waals surface area (Å²) in [5.41, 5.74) is 2.02. The quantitative estimate of drug-likeness (QED) is 0.764. The molecule has 0 radical (unpaired) electrons. The van der Waals surface area contributed by atoms with Crippen molar-refractivity contribution in [2.75, 3.05) is 36.5 Å². The third-order valence-electron chi connectivity index (χ3n) is 4.00. The highest BCUT2D eigenvalue weighted by atomic mass is 32.1. The standard InChI is InChI=1S/C18H17N5O2S/c24-17(13-4-5-16(20-11-13)23-7-9-25-10-8-23)22-18-21-15(12-26-18)14-3-1-2-6-19-14/h1-6,11-12H,7-10H2,(H,21,22,24). The Balaban J connectivity index is 1.42. The minimum atomic E-state index is -0.229. The number of morpholine rings is 1. The summed E-state index contributed by atoms with van der Waals surface area (Å²) < 4.78 is 5.34. The Bertz CT molecular complexity index is 876. The third-order valence-corrected chi connectivity index (χ3v) is 4.75. The molecule has 7 nitrogen and oxygen atoms in total. The molecule has 3 aromatic rings. The van der Waals surface area contributed by atoms with Gasteiger partial charge in [0.2, 0.25) is 0 Å². The van der Waals surface area contributed by atoms with Crippen LogP contribution in [-0.4, -0.2) is 47.2 Å². The van der Waals surface area contributed by atoms with Gasteiger partial charge < -0.3 is 9.64 Å². The van der Waals surface area contributed by atoms with Crippen molar-refractivity contribution in [3.8, 4) is 11.4 Å². The smallest absolute Gasteiger partial charge is 0.259 e. The van der Waals surface area contributed by atoms with Crippen LogP contribution in [0.1, 0.15) is 10.4 Å². The molecule has 1 saturated heterocycles. The number of nitrogens with one attached hydrogen (secondary N) is 1. The summed E-state index contributed by atoms with van der Waals surface area (Å²) in [5, 5.41) is 5.22. The van der Waals surface area contributed by atoms with Crippen LogP contribution in [0, 0.1) is 0 Å². The second-order valence-electron chi connectivity index (χ2n) is 5.71. The zero-order chi connectivity index (χ0) is 17.8. The molecule has 1 amide bonds. The lowest BCUT2D eigenvalue weighted by Gasteiger charge is -2.27. The predicted octanol–water partition coefficient (Wildman–Crippen LogP) is 2.69. The lowest BCUT2D eigenvalue weighted by molar-refractivity contribution is 0.102. The fourth-order valence-corrected chi connectivity index (χ4v) is 3.33. The zero-order valence-electron chi connectivity index (χ0n) is 14.0. The molecule has 0 bridgehead atoms. The van der Waals surface area contributed by atoms with E-state index in [2.05, 4.69) is 25.2 Å². The SMILES string of the molecule is O=C(Nc1nc(-c2ccccn2)cs1)c1ccc(N2CCOCC2)nc1. The number of hydrogen-bond donors (Lipinski definition) is 1. The van der Waals surface area contributed by atoms with Crippen molar-refractivity contribution >= 4 is 28.2 Å². The maximum atomic E-state index is 12.4. The molecule has 0 spiro atoms. The first-order chi connectivity index (χ1) is 12.8. The van der Waals surface area contributed by atoms with Crippen molar-refractivity contribution in [1.82, 2.24) is 15.0 Å². The highest BCUT2D eigenvalue weighted by Gasteiger charge is 2.14. The second-order valence-corrected chi connectivity index (χ2v) is 6.57. The summed E-state index contributed by atoms with van der Waals surface area (Å²) in [7, 11) is 0. The molecule has 1 aliphatic heterocycles. The van der Waals surface area contributed by atoms with Crippen LogP contribution in [0.2, 0.25) is 0 Å². The van der Waals surface area contributed by atoms with E-state index in [4.69, 9.17) is 4.74 Å². The van der Waals surface area contributed by atoms with Crippen LogP contribution < -0.4 is 10.2 Å². The summed E-state index contributed by atoms with van der Waals surface area (Å²) in [6.07, 6.45) is 3.31. The van der Waals surface area contributed by atoms with E-state index in [9.17, 15) is 4.79 Å². The van der Waals surface area contributed by atoms with Crippen molar-refractivity contribution < 1.29 is 9.53 Å². The number of amides is 1. The molecule has 1 aliphatic rings. The number of thiazole rings is 1. The van der Waals surface area contributed by atoms with Gasteiger partial charge >= 0.3 is 0 Å². The molecule has 3 aromatic heterocycles. The average molecular weight is 367 g/mol. The summed E-state index contributed by atoms with van der Waals surface area (Å²) in [6, 6.07) is 9.28. The average Bonchev–Trinajstić information content (AvgIpc) is 3.18. The van der Waals surface area contributed by atoms with Gasteiger partial charge in [0.05, 0.1) is 24.5 Å². The van der Waals surface area contributed by atoms with Gasteiger partial charge in [-0.3, -0.25) is 15.1 Å². The summed E-state index contributed by atoms with van der Waals surface area (Å²) in [4.78, 5) is 27.6. The van der Waals surface area contributed by atoms with Gasteiger partial charge in [-0.05, 0) is 24.3 Å². The molecule has 0 unspecified atom stereocenters. The number of hydrogen-bond acceptors (Lipinski definition) is 7. The molecule has 26 heavy (non-hydrogen) atoms. The maximum Gasteiger partial charge on any atom is 0.259 e. The highest BCUT2D eigenvalue weighted by molar-refractivity contribution is 7.14. The molecular weight excluding hydrogens is 350 g/mol. The normalized spacial score (nSPS) is 14.2. The number of aromatic nitrogens is 3. The van der Waals surface area contributed by atoms with Crippen LogP contribution >= 0.6 is 11.3 Å². The van der Waals surface area contributed by atoms with Crippen LogP contribution in [0.3, 0.4) is 0 Å². The van der Waals surface area contributed by atoms with Gasteiger partial charge in [0.1, 0.15) is 11.5 Å². The van der Waals surface area contributed by atoms with E-state index in [-0.39, 0.29) is 5.91 Å². The predicted molar refractivity (Wildman–Crippen MR) is 101 cm³/mol. The summed E-state index contributed by atoms with van der Waals surface area (Å²) >= 11 is 1.37. The molecule has 0 aliphatic carbocycles. The van der Waals surface area contributed by atoms with Gasteiger partial charge in [0.25, 0.3) is 5.91 Å². The number of pyridine rings is 2. The first-order valence-corrected chi connectivity index (χ1v) is 9.14. The molecular formula is C18H17N5O2S. The number of rotatable bonds is 4. The highest BCUT2D eigenvalue weighted by Crippen LogP contribution is 2.23. The third kappa shape index (κ3) is 3.71. The minimum Gasteiger partial charge on any atom is -0.378 e. The Labute approximate surface area is 154 Å². The molecule has 1 N–H and O–H groups in total. The maximum absolute atomic E-state index is 12.4. The lowest BCUT2D eigenvalue weighted by atomic mass is 10.2. The monoisotopic (exact) mass is 367 g/mol. The van der Waals surface area contributed by atoms with Crippen molar-refractivity contribution in [3.63, 3.8) is 0 Å². The van der Waals surface area contributed by atoms with Crippen molar-refractivity contribution in [2.45, 2.75) is 0 Å². The van der Waals surface area contributed by atoms with Gasteiger partial charge in [0, 0.05) is 30.9 Å². The van der Waals surface area contributed by atoms with Crippen molar-refractivity contribution in [3.05, 3.63) is 53.7 Å². The van der Waals surface area contributed by atoms with E-state index in [0.29, 0.717) is 23.9 Å². The van der Waals surface area contributed by atoms with Gasteiger partial charge in [0.15, 0.2) is 5.13 Å². The number of anilines is 2. The van der Waals surface area contributed by atoms with E-state index in [1.807, 2.05) is 29.6 Å². The van der Waals surface area contributed by atoms with E-state index in [0.717, 1.165) is 30.3 Å². The van der Waals surface area contributed by atoms with Gasteiger partial charge in [-0.15, -0.1) is 11.3 Å². The Kier molecular flexibility index (Phi) is 4.85. The lowest BCUT2D eigenvalue weighted by Crippen LogP contribution is -2.36. The summed E-state index contributed by atoms with van der Waals surface area (Å²) in [6.45, 7) is 3.03. The summed E-state index contributed by atoms with van der Waals surface area (Å²) in [5.74, 6) is 0.629. The molecule has 0 aromatic carbocycles. The second kappa shape index (κ2) is 7.59. The van der Waals surface area contributed by atoms with Gasteiger partial charge in [-0.2, -0.15) is 0 Å². The number of carbonyl (C=O) groups excluding carboxylic acids is 1. The van der Waals surface area contributed by atoms with Crippen molar-refractivity contribution in [2.24, 2.45) is 0 Å². The molecule has 132 valence electrons. The zero-order valence-corrected chi connectivity index (χ0v) is 14.8. The van der Waals surface area contributed by atoms with Crippen molar-refractivity contribution in [1.29, 1.82) is 0 Å². The van der Waals surface area contributed by atoms with Crippen LogP contribution in [0.15, 0.2) is 48.1 Å². The minimum absolute atomic E-state index is 0.229. The Morgan fingerprint density at radius 2 is 2.00 bits per heavy atom. The van der Waals surface area contributed by atoms with Crippen LogP contribution in [-0.2, 0) is 4.74 Å². The van der Waals surface area contributed by atoms with Gasteiger partial charge in [-0.1, -0.05) is 6.07 Å². The first-order valence-electron chi connectivity index (χ1n) is 8.26. The topological polar surface area (TPSA) is 80.2 Å². The molecule has 8 heteroatoms. The Hall–Kier alpha value is -2.84. The van der Waals surface area contributed by atoms with E-state index >= 15 is 0 Å². The molecule has 4 heterocycles. The Morgan fingerprint density at radius 1 is 1.12 bits per heavy atom. The fourth-order valence-electron chi connectivity index (χ4n) is 2.63. The number of nitrogens with zero attached hydrogens (tertiary/aromatic N) is 4.